The molecule has 0 radical (unpaired) electrons. The summed E-state index contributed by atoms with van der Waals surface area (Å²) < 4.78 is 0. The minimum absolute atomic E-state index is 0. The van der Waals surface area contributed by atoms with Crippen LogP contribution in [0.3, 0.4) is 0 Å². The molecule has 0 aromatic rings. The van der Waals surface area contributed by atoms with Gasteiger partial charge < -0.3 is 27.4 Å². The maximum atomic E-state index is 0. The number of hydrogen-bond acceptors (Lipinski definition) is 0. The molecule has 8 heavy (non-hydrogen) atoms. The Balaban J connectivity index is 0. The molecule has 0 saturated heterocycles. The van der Waals surface area contributed by atoms with E-state index in [1.165, 1.54) is 0 Å². The summed E-state index contributed by atoms with van der Waals surface area (Å²) in [5, 5.41) is 0. The van der Waals surface area contributed by atoms with Crippen molar-refractivity contribution in [2.45, 2.75) is 0 Å². The molecule has 0 aliphatic rings. The molecule has 0 aliphatic carbocycles. The first-order chi connectivity index (χ1) is 0. The van der Waals surface area contributed by atoms with Crippen molar-refractivity contribution in [3.05, 3.63) is 0 Å². The van der Waals surface area contributed by atoms with Crippen molar-refractivity contribution in [1.82, 2.24) is 0 Å². The predicted molar refractivity (Wildman–Crippen MR) is 9.19 cm³/mol. The van der Waals surface area contributed by atoms with Gasteiger partial charge in [-0.2, -0.15) is 0 Å². The fraction of sp³-hybridized carbons (Fsp3) is 0. The molecule has 0 bridgehead atoms. The Morgan fingerprint density at radius 3 is 0.375 bits per heavy atom. The summed E-state index contributed by atoms with van der Waals surface area (Å²) in [5.74, 6) is 0. The van der Waals surface area contributed by atoms with E-state index in [0.29, 0.717) is 0 Å². The molecule has 8 heteroatoms. The fourth-order valence-electron chi connectivity index (χ4n) is 0. The zero-order chi connectivity index (χ0) is 0. The maximum Gasteiger partial charge on any atom is 4.00 e. The molecule has 0 spiro atoms. The first-order valence-electron chi connectivity index (χ1n) is 0. The summed E-state index contributed by atoms with van der Waals surface area (Å²) in [6, 6.07) is 0. The Morgan fingerprint density at radius 1 is 0.375 bits per heavy atom. The molecule has 0 amide bonds. The summed E-state index contributed by atoms with van der Waals surface area (Å²) in [4.78, 5) is 0. The number of hydrogen-bond donors (Lipinski definition) is 0. The zero-order valence-corrected chi connectivity index (χ0v) is 10.3. The first kappa shape index (κ1) is 138. The standard InChI is InChI=1S/5O.Sr.2Ti/q5*-2;+2;2*+4. The van der Waals surface area contributed by atoms with Crippen LogP contribution in [0.25, 0.3) is 0 Å². The van der Waals surface area contributed by atoms with Crippen molar-refractivity contribution >= 4 is 45.5 Å². The monoisotopic (exact) mass is 264 g/mol. The van der Waals surface area contributed by atoms with Gasteiger partial charge in [-0.15, -0.1) is 0 Å². The molecule has 0 fully saturated rings. The molecular formula is O5SrTi2. The fourth-order valence-corrected chi connectivity index (χ4v) is 0. The molecule has 0 atom stereocenters. The van der Waals surface area contributed by atoms with E-state index in [4.69, 9.17) is 0 Å². The summed E-state index contributed by atoms with van der Waals surface area (Å²) >= 11 is 0. The van der Waals surface area contributed by atoms with Gasteiger partial charge in [0.2, 0.25) is 0 Å². The first-order valence-corrected chi connectivity index (χ1v) is 0. The molecule has 0 rings (SSSR count). The molecule has 5 nitrogen and oxygen atoms in total. The van der Waals surface area contributed by atoms with Gasteiger partial charge in [0.25, 0.3) is 0 Å². The molecule has 0 N–H and O–H groups in total. The Morgan fingerprint density at radius 2 is 0.375 bits per heavy atom. The van der Waals surface area contributed by atoms with E-state index in [1.807, 2.05) is 0 Å². The average molecular weight is 263 g/mol. The molecule has 0 aromatic carbocycles. The van der Waals surface area contributed by atoms with Crippen LogP contribution in [0, 0.1) is 0 Å². The van der Waals surface area contributed by atoms with Gasteiger partial charge >= 0.3 is 88.9 Å². The van der Waals surface area contributed by atoms with Crippen LogP contribution in [-0.4, -0.2) is 45.5 Å². The van der Waals surface area contributed by atoms with Crippen LogP contribution < -0.4 is 0 Å². The van der Waals surface area contributed by atoms with E-state index < -0.39 is 0 Å². The van der Waals surface area contributed by atoms with Crippen molar-refractivity contribution < 1.29 is 70.8 Å². The van der Waals surface area contributed by atoms with Crippen molar-refractivity contribution in [2.75, 3.05) is 0 Å². The second-order valence-electron chi connectivity index (χ2n) is 0. The van der Waals surface area contributed by atoms with E-state index in [0.717, 1.165) is 0 Å². The molecule has 40 valence electrons. The smallest absolute Gasteiger partial charge is 2.00 e. The summed E-state index contributed by atoms with van der Waals surface area (Å²) in [6.45, 7) is 0. The van der Waals surface area contributed by atoms with Gasteiger partial charge in [0.1, 0.15) is 0 Å². The minimum Gasteiger partial charge on any atom is -2.00 e. The van der Waals surface area contributed by atoms with Gasteiger partial charge in [-0.25, -0.2) is 0 Å². The Hall–Kier alpha value is 2.71. The van der Waals surface area contributed by atoms with Crippen LogP contribution in [0.1, 0.15) is 0 Å². The molecule has 0 unspecified atom stereocenters. The summed E-state index contributed by atoms with van der Waals surface area (Å²) in [5.41, 5.74) is 0. The van der Waals surface area contributed by atoms with Gasteiger partial charge in [-0.05, 0) is 0 Å². The van der Waals surface area contributed by atoms with Crippen molar-refractivity contribution in [1.29, 1.82) is 0 Å². The van der Waals surface area contributed by atoms with E-state index in [9.17, 15) is 0 Å². The second kappa shape index (κ2) is 100. The average Bonchev–Trinajstić information content (AvgIpc) is 0. The Bertz CT molecular complexity index is 10.4. The van der Waals surface area contributed by atoms with E-state index in [2.05, 4.69) is 0 Å². The Labute approximate surface area is 114 Å². The minimum atomic E-state index is 0. The third-order valence-corrected chi connectivity index (χ3v) is 0. The van der Waals surface area contributed by atoms with Crippen LogP contribution in [0.5, 0.6) is 0 Å². The van der Waals surface area contributed by atoms with Gasteiger partial charge in [-0.1, -0.05) is 0 Å². The molecule has 0 heterocycles. The maximum absolute atomic E-state index is 0. The van der Waals surface area contributed by atoms with Crippen molar-refractivity contribution in [2.24, 2.45) is 0 Å². The van der Waals surface area contributed by atoms with Crippen LogP contribution in [0.15, 0.2) is 0 Å². The van der Waals surface area contributed by atoms with Gasteiger partial charge in [0, 0.05) is 0 Å². The van der Waals surface area contributed by atoms with Crippen molar-refractivity contribution in [3.8, 4) is 0 Å². The van der Waals surface area contributed by atoms with Gasteiger partial charge in [0.05, 0.1) is 0 Å². The van der Waals surface area contributed by atoms with E-state index in [-0.39, 0.29) is 116 Å². The molecular weight excluding hydrogens is 263 g/mol. The SMILES string of the molecule is [O-2].[O-2].[O-2].[O-2].[O-2].[Sr+2].[Ti+4].[Ti+4]. The van der Waals surface area contributed by atoms with Gasteiger partial charge in [-0.3, -0.25) is 0 Å². The predicted octanol–water partition coefficient (Wildman–Crippen LogP) is -0.980. The van der Waals surface area contributed by atoms with E-state index >= 15 is 0 Å². The number of rotatable bonds is 0. The van der Waals surface area contributed by atoms with Crippen LogP contribution >= 0.6 is 0 Å². The van der Waals surface area contributed by atoms with Crippen LogP contribution in [0.4, 0.5) is 0 Å². The Kier molecular flexibility index (Phi) is 1730. The summed E-state index contributed by atoms with van der Waals surface area (Å²) in [6.07, 6.45) is 0. The topological polar surface area (TPSA) is 142 Å². The van der Waals surface area contributed by atoms with Crippen molar-refractivity contribution in [3.63, 3.8) is 0 Å². The molecule has 0 aromatic heterocycles. The zero-order valence-electron chi connectivity index (χ0n) is 3.75. The largest absolute Gasteiger partial charge is 4.00 e. The quantitative estimate of drug-likeness (QED) is 0.495. The van der Waals surface area contributed by atoms with Crippen LogP contribution in [-0.2, 0) is 70.8 Å². The molecule has 0 saturated carbocycles. The van der Waals surface area contributed by atoms with Crippen LogP contribution in [0.2, 0.25) is 0 Å². The second-order valence-corrected chi connectivity index (χ2v) is 0. The third kappa shape index (κ3) is 70.5. The van der Waals surface area contributed by atoms with E-state index in [1.54, 1.807) is 0 Å². The summed E-state index contributed by atoms with van der Waals surface area (Å²) in [7, 11) is 0. The molecule has 0 aliphatic heterocycles. The van der Waals surface area contributed by atoms with Gasteiger partial charge in [0.15, 0.2) is 0 Å². The third-order valence-electron chi connectivity index (χ3n) is 0. The normalized spacial score (nSPS) is 0.